The molecule has 34 heavy (non-hydrogen) atoms. The van der Waals surface area contributed by atoms with Crippen molar-refractivity contribution in [3.8, 4) is 11.5 Å². The van der Waals surface area contributed by atoms with Gasteiger partial charge < -0.3 is 23.8 Å². The number of hydrogen-bond donors (Lipinski definition) is 0. The van der Waals surface area contributed by atoms with Gasteiger partial charge in [0, 0.05) is 13.1 Å². The number of aromatic nitrogens is 1. The molecular formula is C24H30N2O7S. The summed E-state index contributed by atoms with van der Waals surface area (Å²) in [4.78, 5) is 39.8. The number of esters is 1. The van der Waals surface area contributed by atoms with E-state index in [1.165, 1.54) is 10.6 Å². The summed E-state index contributed by atoms with van der Waals surface area (Å²) in [5.74, 6) is 0.434. The summed E-state index contributed by atoms with van der Waals surface area (Å²) in [6, 6.07) is 5.41. The number of hydrogen-bond acceptors (Lipinski definition) is 8. The van der Waals surface area contributed by atoms with Crippen LogP contribution in [0, 0.1) is 0 Å². The highest BCUT2D eigenvalue weighted by Crippen LogP contribution is 2.28. The average Bonchev–Trinajstić information content (AvgIpc) is 3.10. The molecule has 184 valence electrons. The fourth-order valence-corrected chi connectivity index (χ4v) is 4.47. The van der Waals surface area contributed by atoms with Crippen LogP contribution >= 0.6 is 11.3 Å². The van der Waals surface area contributed by atoms with E-state index in [2.05, 4.69) is 0 Å². The number of thiazole rings is 1. The highest BCUT2D eigenvalue weighted by molar-refractivity contribution is 7.07. The van der Waals surface area contributed by atoms with Gasteiger partial charge in [-0.1, -0.05) is 6.07 Å². The SMILES string of the molecule is CCOC(=O)/C=c1/s/c(=C/c2ccc(OCC)c(OCC)c2)c(=O)n1CC(=O)N1CCOCC1. The highest BCUT2D eigenvalue weighted by atomic mass is 32.1. The van der Waals surface area contributed by atoms with Gasteiger partial charge in [0.1, 0.15) is 11.2 Å². The maximum Gasteiger partial charge on any atom is 0.333 e. The lowest BCUT2D eigenvalue weighted by Crippen LogP contribution is -2.45. The lowest BCUT2D eigenvalue weighted by Gasteiger charge is -2.26. The van der Waals surface area contributed by atoms with Crippen molar-refractivity contribution in [2.75, 3.05) is 46.1 Å². The number of benzene rings is 1. The number of ether oxygens (including phenoxy) is 4. The molecule has 2 heterocycles. The average molecular weight is 491 g/mol. The van der Waals surface area contributed by atoms with E-state index in [9.17, 15) is 14.4 Å². The summed E-state index contributed by atoms with van der Waals surface area (Å²) in [5, 5.41) is 0. The monoisotopic (exact) mass is 490 g/mol. The lowest BCUT2D eigenvalue weighted by molar-refractivity contribution is -0.136. The smallest absolute Gasteiger partial charge is 0.333 e. The maximum absolute atomic E-state index is 13.3. The molecule has 1 saturated heterocycles. The minimum absolute atomic E-state index is 0.165. The molecule has 0 N–H and O–H groups in total. The highest BCUT2D eigenvalue weighted by Gasteiger charge is 2.19. The van der Waals surface area contributed by atoms with Gasteiger partial charge in [-0.05, 0) is 44.5 Å². The number of carbonyl (C=O) groups excluding carboxylic acids is 2. The normalized spacial score (nSPS) is 14.9. The van der Waals surface area contributed by atoms with Crippen LogP contribution in [0.2, 0.25) is 0 Å². The van der Waals surface area contributed by atoms with Crippen molar-refractivity contribution >= 4 is 35.4 Å². The Hall–Kier alpha value is -3.11. The van der Waals surface area contributed by atoms with E-state index in [4.69, 9.17) is 18.9 Å². The summed E-state index contributed by atoms with van der Waals surface area (Å²) >= 11 is 1.13. The first-order chi connectivity index (χ1) is 16.5. The van der Waals surface area contributed by atoms with Crippen molar-refractivity contribution in [3.63, 3.8) is 0 Å². The topological polar surface area (TPSA) is 96.3 Å². The second-order valence-electron chi connectivity index (χ2n) is 7.30. The number of morpholine rings is 1. The van der Waals surface area contributed by atoms with Gasteiger partial charge in [-0.3, -0.25) is 14.2 Å². The van der Waals surface area contributed by atoms with Crippen molar-refractivity contribution < 1.29 is 28.5 Å². The molecule has 10 heteroatoms. The largest absolute Gasteiger partial charge is 0.490 e. The quantitative estimate of drug-likeness (QED) is 0.479. The van der Waals surface area contributed by atoms with E-state index in [-0.39, 0.29) is 24.6 Å². The predicted molar refractivity (Wildman–Crippen MR) is 129 cm³/mol. The molecule has 0 saturated carbocycles. The second kappa shape index (κ2) is 12.4. The Morgan fingerprint density at radius 2 is 1.76 bits per heavy atom. The fourth-order valence-electron chi connectivity index (χ4n) is 3.43. The number of nitrogens with zero attached hydrogens (tertiary/aromatic N) is 2. The molecule has 1 aromatic carbocycles. The molecule has 2 aromatic rings. The first kappa shape index (κ1) is 25.5. The summed E-state index contributed by atoms with van der Waals surface area (Å²) in [5.41, 5.74) is 0.383. The van der Waals surface area contributed by atoms with E-state index in [1.54, 1.807) is 30.0 Å². The number of amides is 1. The Balaban J connectivity index is 2.03. The molecule has 0 spiro atoms. The molecule has 1 aliphatic rings. The van der Waals surface area contributed by atoms with Crippen LogP contribution in [-0.4, -0.2) is 67.5 Å². The van der Waals surface area contributed by atoms with Gasteiger partial charge >= 0.3 is 5.97 Å². The van der Waals surface area contributed by atoms with Crippen LogP contribution < -0.4 is 24.2 Å². The van der Waals surface area contributed by atoms with Crippen LogP contribution in [0.5, 0.6) is 11.5 Å². The predicted octanol–water partition coefficient (Wildman–Crippen LogP) is 0.738. The molecule has 1 aromatic heterocycles. The molecule has 0 unspecified atom stereocenters. The Kier molecular flexibility index (Phi) is 9.29. The molecule has 1 amide bonds. The molecule has 9 nitrogen and oxygen atoms in total. The summed E-state index contributed by atoms with van der Waals surface area (Å²) in [6.45, 7) is 8.37. The first-order valence-electron chi connectivity index (χ1n) is 11.3. The van der Waals surface area contributed by atoms with Gasteiger partial charge in [-0.2, -0.15) is 0 Å². The van der Waals surface area contributed by atoms with Gasteiger partial charge in [-0.25, -0.2) is 4.79 Å². The summed E-state index contributed by atoms with van der Waals surface area (Å²) < 4.78 is 23.6. The van der Waals surface area contributed by atoms with Crippen molar-refractivity contribution in [1.82, 2.24) is 9.47 Å². The van der Waals surface area contributed by atoms with E-state index < -0.39 is 5.97 Å². The Morgan fingerprint density at radius 3 is 2.44 bits per heavy atom. The molecule has 0 radical (unpaired) electrons. The van der Waals surface area contributed by atoms with E-state index in [0.29, 0.717) is 60.2 Å². The number of rotatable bonds is 9. The third kappa shape index (κ3) is 6.48. The van der Waals surface area contributed by atoms with Crippen molar-refractivity contribution in [1.29, 1.82) is 0 Å². The van der Waals surface area contributed by atoms with Crippen LogP contribution in [-0.2, 0) is 25.6 Å². The Bertz CT molecular complexity index is 1180. The van der Waals surface area contributed by atoms with Crippen LogP contribution in [0.15, 0.2) is 23.0 Å². The molecule has 1 aliphatic heterocycles. The van der Waals surface area contributed by atoms with Gasteiger partial charge in [0.2, 0.25) is 5.91 Å². The van der Waals surface area contributed by atoms with Crippen LogP contribution in [0.4, 0.5) is 0 Å². The molecule has 0 atom stereocenters. The third-order valence-corrected chi connectivity index (χ3v) is 6.05. The van der Waals surface area contributed by atoms with Crippen LogP contribution in [0.1, 0.15) is 26.3 Å². The fraction of sp³-hybridized carbons (Fsp3) is 0.458. The Labute approximate surface area is 201 Å². The molecule has 0 bridgehead atoms. The molecule has 3 rings (SSSR count). The van der Waals surface area contributed by atoms with Gasteiger partial charge in [0.25, 0.3) is 5.56 Å². The zero-order valence-corrected chi connectivity index (χ0v) is 20.5. The Morgan fingerprint density at radius 1 is 1.06 bits per heavy atom. The molecule has 1 fully saturated rings. The standard InChI is InChI=1S/C24H30N2O7S/c1-4-31-18-8-7-17(13-19(18)32-5-2)14-20-24(29)26(22(34-20)15-23(28)33-6-3)16-21(27)25-9-11-30-12-10-25/h7-8,13-15H,4-6,9-12,16H2,1-3H3/b20-14+,22-15+. The second-order valence-corrected chi connectivity index (χ2v) is 8.36. The molecule has 0 aliphatic carbocycles. The van der Waals surface area contributed by atoms with E-state index in [0.717, 1.165) is 16.9 Å². The first-order valence-corrected chi connectivity index (χ1v) is 12.1. The molecular weight excluding hydrogens is 460 g/mol. The van der Waals surface area contributed by atoms with Gasteiger partial charge in [-0.15, -0.1) is 11.3 Å². The van der Waals surface area contributed by atoms with Gasteiger partial charge in [0.05, 0.1) is 43.6 Å². The van der Waals surface area contributed by atoms with E-state index in [1.807, 2.05) is 19.9 Å². The van der Waals surface area contributed by atoms with Gasteiger partial charge in [0.15, 0.2) is 11.5 Å². The van der Waals surface area contributed by atoms with Crippen molar-refractivity contribution in [2.24, 2.45) is 0 Å². The van der Waals surface area contributed by atoms with Crippen LogP contribution in [0.25, 0.3) is 12.2 Å². The minimum atomic E-state index is -0.567. The van der Waals surface area contributed by atoms with Crippen molar-refractivity contribution in [2.45, 2.75) is 27.3 Å². The maximum atomic E-state index is 13.3. The zero-order chi connectivity index (χ0) is 24.5. The van der Waals surface area contributed by atoms with E-state index >= 15 is 0 Å². The minimum Gasteiger partial charge on any atom is -0.490 e. The summed E-state index contributed by atoms with van der Waals surface area (Å²) in [7, 11) is 0. The zero-order valence-electron chi connectivity index (χ0n) is 19.7. The third-order valence-electron chi connectivity index (χ3n) is 4.99. The number of carbonyl (C=O) groups is 2. The lowest BCUT2D eigenvalue weighted by atomic mass is 10.2. The van der Waals surface area contributed by atoms with Crippen LogP contribution in [0.3, 0.4) is 0 Å². The van der Waals surface area contributed by atoms with Crippen molar-refractivity contribution in [3.05, 3.63) is 43.3 Å². The summed E-state index contributed by atoms with van der Waals surface area (Å²) in [6.07, 6.45) is 2.97.